The van der Waals surface area contributed by atoms with Crippen molar-refractivity contribution in [1.82, 2.24) is 14.7 Å². The van der Waals surface area contributed by atoms with Gasteiger partial charge < -0.3 is 9.64 Å². The fourth-order valence-corrected chi connectivity index (χ4v) is 3.24. The lowest BCUT2D eigenvalue weighted by Crippen LogP contribution is -2.53. The van der Waals surface area contributed by atoms with E-state index in [-0.39, 0.29) is 30.2 Å². The summed E-state index contributed by atoms with van der Waals surface area (Å²) in [6, 6.07) is 9.06. The lowest BCUT2D eigenvalue weighted by Gasteiger charge is -2.37. The largest absolute Gasteiger partial charge is 0.493 e. The summed E-state index contributed by atoms with van der Waals surface area (Å²) in [5, 5.41) is 0. The summed E-state index contributed by atoms with van der Waals surface area (Å²) in [7, 11) is 1.52. The number of amides is 3. The minimum Gasteiger partial charge on any atom is -0.493 e. The van der Waals surface area contributed by atoms with Crippen LogP contribution in [0.4, 0.5) is 0 Å². The van der Waals surface area contributed by atoms with E-state index in [9.17, 15) is 14.4 Å². The lowest BCUT2D eigenvalue weighted by atomic mass is 10.1. The summed E-state index contributed by atoms with van der Waals surface area (Å²) in [5.41, 5.74) is 0. The van der Waals surface area contributed by atoms with Crippen LogP contribution in [0.1, 0.15) is 12.8 Å². The smallest absolute Gasteiger partial charge is 0.246 e. The first kappa shape index (κ1) is 17.4. The molecule has 0 N–H and O–H groups in total. The Balaban J connectivity index is 1.42. The SMILES string of the molecule is CN1C(=O)CC(N2CCN(C(=O)CCOc3ccccc3)CC2)C1=O. The summed E-state index contributed by atoms with van der Waals surface area (Å²) < 4.78 is 5.56. The van der Waals surface area contributed by atoms with Crippen LogP contribution in [0.3, 0.4) is 0 Å². The normalized spacial score (nSPS) is 21.7. The molecule has 0 bridgehead atoms. The molecule has 1 aromatic rings. The minimum absolute atomic E-state index is 0.0570. The van der Waals surface area contributed by atoms with E-state index in [2.05, 4.69) is 0 Å². The molecule has 1 aromatic carbocycles. The molecule has 1 atom stereocenters. The van der Waals surface area contributed by atoms with Crippen molar-refractivity contribution >= 4 is 17.7 Å². The number of para-hydroxylation sites is 1. The average Bonchev–Trinajstić information content (AvgIpc) is 2.90. The third-order valence-corrected chi connectivity index (χ3v) is 4.79. The van der Waals surface area contributed by atoms with Gasteiger partial charge in [0.15, 0.2) is 0 Å². The van der Waals surface area contributed by atoms with Crippen LogP contribution >= 0.6 is 0 Å². The molecule has 7 heteroatoms. The van der Waals surface area contributed by atoms with Gasteiger partial charge in [0, 0.05) is 33.2 Å². The first-order valence-electron chi connectivity index (χ1n) is 8.56. The number of likely N-dealkylation sites (tertiary alicyclic amines) is 1. The maximum atomic E-state index is 12.3. The predicted octanol–water partition coefficient (Wildman–Crippen LogP) is 0.357. The van der Waals surface area contributed by atoms with E-state index in [0.29, 0.717) is 39.2 Å². The van der Waals surface area contributed by atoms with Crippen LogP contribution in [0.15, 0.2) is 30.3 Å². The first-order chi connectivity index (χ1) is 12.1. The van der Waals surface area contributed by atoms with Gasteiger partial charge in [0.2, 0.25) is 17.7 Å². The van der Waals surface area contributed by atoms with E-state index in [0.717, 1.165) is 5.75 Å². The van der Waals surface area contributed by atoms with Gasteiger partial charge >= 0.3 is 0 Å². The van der Waals surface area contributed by atoms with Gasteiger partial charge in [-0.25, -0.2) is 0 Å². The molecule has 2 saturated heterocycles. The van der Waals surface area contributed by atoms with Crippen molar-refractivity contribution < 1.29 is 19.1 Å². The Morgan fingerprint density at radius 1 is 1.12 bits per heavy atom. The zero-order valence-corrected chi connectivity index (χ0v) is 14.4. The van der Waals surface area contributed by atoms with Crippen LogP contribution in [-0.2, 0) is 14.4 Å². The van der Waals surface area contributed by atoms with Crippen molar-refractivity contribution in [2.75, 3.05) is 39.8 Å². The third kappa shape index (κ3) is 3.99. The van der Waals surface area contributed by atoms with Crippen molar-refractivity contribution in [2.24, 2.45) is 0 Å². The second kappa shape index (κ2) is 7.65. The summed E-state index contributed by atoms with van der Waals surface area (Å²) in [4.78, 5) is 41.0. The quantitative estimate of drug-likeness (QED) is 0.721. The molecule has 2 aliphatic heterocycles. The van der Waals surface area contributed by atoms with Gasteiger partial charge in [0.05, 0.1) is 25.5 Å². The topological polar surface area (TPSA) is 70.2 Å². The van der Waals surface area contributed by atoms with Gasteiger partial charge in [-0.2, -0.15) is 0 Å². The highest BCUT2D eigenvalue weighted by Gasteiger charge is 2.40. The van der Waals surface area contributed by atoms with Gasteiger partial charge in [-0.1, -0.05) is 18.2 Å². The maximum Gasteiger partial charge on any atom is 0.246 e. The number of carbonyl (C=O) groups is 3. The number of benzene rings is 1. The number of hydrogen-bond acceptors (Lipinski definition) is 5. The van der Waals surface area contributed by atoms with Crippen molar-refractivity contribution in [1.29, 1.82) is 0 Å². The molecule has 25 heavy (non-hydrogen) atoms. The van der Waals surface area contributed by atoms with Gasteiger partial charge in [-0.15, -0.1) is 0 Å². The van der Waals surface area contributed by atoms with E-state index >= 15 is 0 Å². The van der Waals surface area contributed by atoms with E-state index in [1.807, 2.05) is 35.2 Å². The minimum atomic E-state index is -0.365. The fraction of sp³-hybridized carbons (Fsp3) is 0.500. The third-order valence-electron chi connectivity index (χ3n) is 4.79. The fourth-order valence-electron chi connectivity index (χ4n) is 3.24. The first-order valence-corrected chi connectivity index (χ1v) is 8.56. The van der Waals surface area contributed by atoms with Crippen LogP contribution < -0.4 is 4.74 Å². The van der Waals surface area contributed by atoms with Crippen LogP contribution in [0.2, 0.25) is 0 Å². The molecule has 134 valence electrons. The summed E-state index contributed by atoms with van der Waals surface area (Å²) in [6.45, 7) is 2.73. The number of piperazine rings is 1. The predicted molar refractivity (Wildman–Crippen MR) is 90.9 cm³/mol. The molecule has 7 nitrogen and oxygen atoms in total. The number of likely N-dealkylation sites (N-methyl/N-ethyl adjacent to an activating group) is 1. The molecule has 1 unspecified atom stereocenters. The van der Waals surface area contributed by atoms with E-state index in [1.165, 1.54) is 11.9 Å². The Hall–Kier alpha value is -2.41. The average molecular weight is 345 g/mol. The van der Waals surface area contributed by atoms with Crippen LogP contribution in [0.25, 0.3) is 0 Å². The monoisotopic (exact) mass is 345 g/mol. The molecule has 0 aromatic heterocycles. The molecule has 2 heterocycles. The Bertz CT molecular complexity index is 641. The summed E-state index contributed by atoms with van der Waals surface area (Å²) in [6.07, 6.45) is 0.576. The molecular formula is C18H23N3O4. The van der Waals surface area contributed by atoms with Crippen molar-refractivity contribution in [3.05, 3.63) is 30.3 Å². The second-order valence-corrected chi connectivity index (χ2v) is 6.34. The Kier molecular flexibility index (Phi) is 5.33. The molecule has 2 aliphatic rings. The van der Waals surface area contributed by atoms with Crippen molar-refractivity contribution in [3.63, 3.8) is 0 Å². The highest BCUT2D eigenvalue weighted by Crippen LogP contribution is 2.19. The number of ether oxygens (including phenoxy) is 1. The van der Waals surface area contributed by atoms with Crippen LogP contribution in [0.5, 0.6) is 5.75 Å². The van der Waals surface area contributed by atoms with Crippen LogP contribution in [0, 0.1) is 0 Å². The summed E-state index contributed by atoms with van der Waals surface area (Å²) in [5.74, 6) is 0.544. The van der Waals surface area contributed by atoms with Crippen molar-refractivity contribution in [2.45, 2.75) is 18.9 Å². The van der Waals surface area contributed by atoms with Crippen LogP contribution in [-0.4, -0.2) is 78.3 Å². The Morgan fingerprint density at radius 2 is 1.80 bits per heavy atom. The number of nitrogens with zero attached hydrogens (tertiary/aromatic N) is 3. The lowest BCUT2D eigenvalue weighted by molar-refractivity contribution is -0.138. The number of hydrogen-bond donors (Lipinski definition) is 0. The highest BCUT2D eigenvalue weighted by molar-refractivity contribution is 6.05. The molecular weight excluding hydrogens is 322 g/mol. The van der Waals surface area contributed by atoms with Gasteiger partial charge in [0.25, 0.3) is 0 Å². The van der Waals surface area contributed by atoms with Gasteiger partial charge in [-0.3, -0.25) is 24.2 Å². The molecule has 2 fully saturated rings. The Labute approximate surface area is 147 Å². The van der Waals surface area contributed by atoms with Gasteiger partial charge in [-0.05, 0) is 12.1 Å². The molecule has 0 saturated carbocycles. The summed E-state index contributed by atoms with van der Waals surface area (Å²) >= 11 is 0. The maximum absolute atomic E-state index is 12.3. The van der Waals surface area contributed by atoms with E-state index in [1.54, 1.807) is 4.90 Å². The molecule has 0 radical (unpaired) electrons. The van der Waals surface area contributed by atoms with Gasteiger partial charge in [0.1, 0.15) is 5.75 Å². The molecule has 3 rings (SSSR count). The standard InChI is InChI=1S/C18H23N3O4/c1-19-17(23)13-15(18(19)24)20-8-10-21(11-9-20)16(22)7-12-25-14-5-3-2-4-6-14/h2-6,15H,7-13H2,1H3. The van der Waals surface area contributed by atoms with E-state index in [4.69, 9.17) is 4.74 Å². The number of imide groups is 1. The zero-order valence-electron chi connectivity index (χ0n) is 14.4. The molecule has 0 aliphatic carbocycles. The number of carbonyl (C=O) groups excluding carboxylic acids is 3. The molecule has 0 spiro atoms. The van der Waals surface area contributed by atoms with E-state index < -0.39 is 0 Å². The molecule has 3 amide bonds. The second-order valence-electron chi connectivity index (χ2n) is 6.34. The Morgan fingerprint density at radius 3 is 2.40 bits per heavy atom. The zero-order chi connectivity index (χ0) is 17.8. The van der Waals surface area contributed by atoms with Crippen molar-refractivity contribution in [3.8, 4) is 5.75 Å². The highest BCUT2D eigenvalue weighted by atomic mass is 16.5. The number of rotatable bonds is 5.